The number of nitrogens with zero attached hydrogens (tertiary/aromatic N) is 1. The molecule has 0 spiro atoms. The Morgan fingerprint density at radius 2 is 2.19 bits per heavy atom. The zero-order chi connectivity index (χ0) is 11.8. The quantitative estimate of drug-likeness (QED) is 0.611. The van der Waals surface area contributed by atoms with Gasteiger partial charge >= 0.3 is 0 Å². The van der Waals surface area contributed by atoms with Crippen LogP contribution in [-0.2, 0) is 0 Å². The van der Waals surface area contributed by atoms with Crippen molar-refractivity contribution in [1.82, 2.24) is 5.43 Å². The van der Waals surface area contributed by atoms with Crippen LogP contribution in [0.2, 0.25) is 0 Å². The number of carbonyl (C=O) groups is 1. The van der Waals surface area contributed by atoms with Crippen LogP contribution in [0.4, 0.5) is 0 Å². The molecule has 0 bridgehead atoms. The van der Waals surface area contributed by atoms with Crippen molar-refractivity contribution in [2.45, 2.75) is 20.3 Å². The van der Waals surface area contributed by atoms with Crippen molar-refractivity contribution < 1.29 is 9.53 Å². The van der Waals surface area contributed by atoms with Crippen LogP contribution >= 0.6 is 0 Å². The van der Waals surface area contributed by atoms with Crippen LogP contribution in [0, 0.1) is 0 Å². The summed E-state index contributed by atoms with van der Waals surface area (Å²) in [5.41, 5.74) is 2.95. The molecule has 0 aliphatic carbocycles. The Morgan fingerprint density at radius 1 is 1.44 bits per heavy atom. The number of carbonyl (C=O) groups excluding carboxylic acids is 1. The summed E-state index contributed by atoms with van der Waals surface area (Å²) in [7, 11) is 0. The first kappa shape index (κ1) is 12.2. The van der Waals surface area contributed by atoms with Crippen LogP contribution in [-0.4, -0.2) is 18.7 Å². The molecule has 0 unspecified atom stereocenters. The molecule has 0 saturated heterocycles. The van der Waals surface area contributed by atoms with E-state index in [0.29, 0.717) is 17.9 Å². The van der Waals surface area contributed by atoms with Crippen molar-refractivity contribution in [3.8, 4) is 5.75 Å². The minimum Gasteiger partial charge on any atom is -0.493 e. The molecule has 1 aromatic carbocycles. The highest BCUT2D eigenvalue weighted by Crippen LogP contribution is 2.17. The third-order valence-electron chi connectivity index (χ3n) is 1.87. The number of ether oxygens (including phenoxy) is 1. The fourth-order valence-electron chi connectivity index (χ4n) is 1.19. The van der Waals surface area contributed by atoms with Gasteiger partial charge in [-0.2, -0.15) is 5.10 Å². The summed E-state index contributed by atoms with van der Waals surface area (Å²) in [6, 6.07) is 7.10. The van der Waals surface area contributed by atoms with Gasteiger partial charge in [-0.25, -0.2) is 5.43 Å². The number of hydrogen-bond donors (Lipinski definition) is 1. The fraction of sp³-hybridized carbons (Fsp3) is 0.333. The lowest BCUT2D eigenvalue weighted by molar-refractivity contribution is 0.0951. The fourth-order valence-corrected chi connectivity index (χ4v) is 1.19. The Bertz CT molecular complexity index is 375. The van der Waals surface area contributed by atoms with Gasteiger partial charge in [0.05, 0.1) is 12.2 Å². The number of hydrogen-bond acceptors (Lipinski definition) is 3. The van der Waals surface area contributed by atoms with E-state index in [1.54, 1.807) is 24.4 Å². The van der Waals surface area contributed by atoms with E-state index in [-0.39, 0.29) is 5.91 Å². The monoisotopic (exact) mass is 220 g/mol. The molecule has 16 heavy (non-hydrogen) atoms. The molecule has 4 heteroatoms. The molecule has 86 valence electrons. The van der Waals surface area contributed by atoms with Gasteiger partial charge in [-0.05, 0) is 25.5 Å². The van der Waals surface area contributed by atoms with Crippen molar-refractivity contribution in [2.75, 3.05) is 6.61 Å². The summed E-state index contributed by atoms with van der Waals surface area (Å²) >= 11 is 0. The first-order valence-corrected chi connectivity index (χ1v) is 5.33. The number of hydrazone groups is 1. The van der Waals surface area contributed by atoms with Crippen LogP contribution in [0.3, 0.4) is 0 Å². The highest BCUT2D eigenvalue weighted by atomic mass is 16.5. The van der Waals surface area contributed by atoms with Crippen molar-refractivity contribution >= 4 is 12.1 Å². The Balaban J connectivity index is 2.77. The van der Waals surface area contributed by atoms with E-state index in [4.69, 9.17) is 4.74 Å². The van der Waals surface area contributed by atoms with Crippen molar-refractivity contribution in [1.29, 1.82) is 0 Å². The molecular formula is C12H16N2O2. The molecule has 0 radical (unpaired) electrons. The molecule has 0 atom stereocenters. The Labute approximate surface area is 95.3 Å². The van der Waals surface area contributed by atoms with Crippen molar-refractivity contribution in [3.05, 3.63) is 29.8 Å². The summed E-state index contributed by atoms with van der Waals surface area (Å²) in [4.78, 5) is 11.7. The van der Waals surface area contributed by atoms with E-state index in [1.165, 1.54) is 0 Å². The smallest absolute Gasteiger partial charge is 0.275 e. The molecule has 0 fully saturated rings. The second-order valence-corrected chi connectivity index (χ2v) is 3.09. The summed E-state index contributed by atoms with van der Waals surface area (Å²) in [5, 5.41) is 3.79. The number of nitrogens with one attached hydrogen (secondary N) is 1. The largest absolute Gasteiger partial charge is 0.493 e. The van der Waals surface area contributed by atoms with E-state index < -0.39 is 0 Å². The molecular weight excluding hydrogens is 204 g/mol. The second-order valence-electron chi connectivity index (χ2n) is 3.09. The van der Waals surface area contributed by atoms with Crippen molar-refractivity contribution in [3.63, 3.8) is 0 Å². The highest BCUT2D eigenvalue weighted by molar-refractivity contribution is 5.97. The molecule has 0 saturated carbocycles. The lowest BCUT2D eigenvalue weighted by atomic mass is 10.2. The summed E-state index contributed by atoms with van der Waals surface area (Å²) in [6.45, 7) is 4.36. The number of amides is 1. The van der Waals surface area contributed by atoms with E-state index >= 15 is 0 Å². The van der Waals surface area contributed by atoms with Gasteiger partial charge in [0.2, 0.25) is 0 Å². The minimum atomic E-state index is -0.256. The van der Waals surface area contributed by atoms with Gasteiger partial charge in [-0.15, -0.1) is 0 Å². The number of rotatable bonds is 5. The molecule has 0 aromatic heterocycles. The maximum atomic E-state index is 11.7. The predicted molar refractivity (Wildman–Crippen MR) is 63.9 cm³/mol. The van der Waals surface area contributed by atoms with Crippen LogP contribution in [0.25, 0.3) is 0 Å². The lowest BCUT2D eigenvalue weighted by Gasteiger charge is -2.07. The SMILES string of the molecule is CC/C=N/NC(=O)c1ccccc1OCC. The van der Waals surface area contributed by atoms with Gasteiger partial charge < -0.3 is 4.74 Å². The van der Waals surface area contributed by atoms with Gasteiger partial charge in [0, 0.05) is 6.21 Å². The molecule has 0 aliphatic rings. The summed E-state index contributed by atoms with van der Waals surface area (Å²) in [6.07, 6.45) is 2.43. The zero-order valence-corrected chi connectivity index (χ0v) is 9.56. The molecule has 0 aliphatic heterocycles. The van der Waals surface area contributed by atoms with Crippen molar-refractivity contribution in [2.24, 2.45) is 5.10 Å². The highest BCUT2D eigenvalue weighted by Gasteiger charge is 2.10. The first-order valence-electron chi connectivity index (χ1n) is 5.33. The Morgan fingerprint density at radius 3 is 2.88 bits per heavy atom. The van der Waals surface area contributed by atoms with E-state index in [2.05, 4.69) is 10.5 Å². The normalized spacial score (nSPS) is 10.4. The van der Waals surface area contributed by atoms with Crippen LogP contribution in [0.1, 0.15) is 30.6 Å². The summed E-state index contributed by atoms with van der Waals surface area (Å²) < 4.78 is 5.35. The third-order valence-corrected chi connectivity index (χ3v) is 1.87. The van der Waals surface area contributed by atoms with Gasteiger partial charge in [-0.1, -0.05) is 19.1 Å². The minimum absolute atomic E-state index is 0.256. The van der Waals surface area contributed by atoms with Gasteiger partial charge in [0.1, 0.15) is 5.75 Å². The average Bonchev–Trinajstić information content (AvgIpc) is 2.30. The van der Waals surface area contributed by atoms with Gasteiger partial charge in [0.25, 0.3) is 5.91 Å². The number of benzene rings is 1. The summed E-state index contributed by atoms with van der Waals surface area (Å²) in [5.74, 6) is 0.322. The van der Waals surface area contributed by atoms with Crippen LogP contribution < -0.4 is 10.2 Å². The Hall–Kier alpha value is -1.84. The van der Waals surface area contributed by atoms with Gasteiger partial charge in [-0.3, -0.25) is 4.79 Å². The molecule has 1 rings (SSSR count). The molecule has 0 heterocycles. The van der Waals surface area contributed by atoms with E-state index in [9.17, 15) is 4.79 Å². The molecule has 1 aromatic rings. The number of para-hydroxylation sites is 1. The predicted octanol–water partition coefficient (Wildman–Crippen LogP) is 2.21. The molecule has 4 nitrogen and oxygen atoms in total. The van der Waals surface area contributed by atoms with Gasteiger partial charge in [0.15, 0.2) is 0 Å². The zero-order valence-electron chi connectivity index (χ0n) is 9.56. The average molecular weight is 220 g/mol. The maximum absolute atomic E-state index is 11.7. The van der Waals surface area contributed by atoms with Crippen LogP contribution in [0.15, 0.2) is 29.4 Å². The molecule has 1 amide bonds. The first-order chi connectivity index (χ1) is 7.79. The lowest BCUT2D eigenvalue weighted by Crippen LogP contribution is -2.18. The molecule has 1 N–H and O–H groups in total. The van der Waals surface area contributed by atoms with E-state index in [0.717, 1.165) is 6.42 Å². The van der Waals surface area contributed by atoms with Crippen LogP contribution in [0.5, 0.6) is 5.75 Å². The Kier molecular flexibility index (Phi) is 5.05. The maximum Gasteiger partial charge on any atom is 0.275 e. The topological polar surface area (TPSA) is 50.7 Å². The third kappa shape index (κ3) is 3.38. The second kappa shape index (κ2) is 6.61. The standard InChI is InChI=1S/C12H16N2O2/c1-3-9-13-14-12(15)10-7-5-6-8-11(10)16-4-2/h5-9H,3-4H2,1-2H3,(H,14,15)/b13-9+. The van der Waals surface area contributed by atoms with E-state index in [1.807, 2.05) is 19.9 Å².